The molecule has 1 saturated heterocycles. The second-order valence-corrected chi connectivity index (χ2v) is 5.77. The Bertz CT molecular complexity index is 247. The van der Waals surface area contributed by atoms with Crippen molar-refractivity contribution in [2.75, 3.05) is 19.7 Å². The molecule has 0 bridgehead atoms. The molecule has 1 amide bonds. The number of nitrogens with zero attached hydrogens (tertiary/aromatic N) is 1. The zero-order valence-electron chi connectivity index (χ0n) is 10.7. The number of piperidine rings is 1. The van der Waals surface area contributed by atoms with Crippen molar-refractivity contribution in [1.82, 2.24) is 4.90 Å². The van der Waals surface area contributed by atoms with Crippen molar-refractivity contribution >= 4 is 6.09 Å². The fourth-order valence-electron chi connectivity index (χ4n) is 2.09. The van der Waals surface area contributed by atoms with Gasteiger partial charge >= 0.3 is 6.09 Å². The van der Waals surface area contributed by atoms with E-state index in [1.165, 1.54) is 0 Å². The van der Waals surface area contributed by atoms with Crippen LogP contribution in [0.25, 0.3) is 0 Å². The molecular formula is C12H23NO3. The summed E-state index contributed by atoms with van der Waals surface area (Å²) in [4.78, 5) is 13.6. The maximum Gasteiger partial charge on any atom is 0.410 e. The van der Waals surface area contributed by atoms with Crippen LogP contribution in [0.2, 0.25) is 0 Å². The van der Waals surface area contributed by atoms with Crippen molar-refractivity contribution in [3.05, 3.63) is 0 Å². The highest BCUT2D eigenvalue weighted by molar-refractivity contribution is 5.68. The van der Waals surface area contributed by atoms with Crippen LogP contribution in [0.15, 0.2) is 0 Å². The van der Waals surface area contributed by atoms with Crippen molar-refractivity contribution in [3.8, 4) is 0 Å². The molecule has 94 valence electrons. The van der Waals surface area contributed by atoms with E-state index in [1.54, 1.807) is 4.90 Å². The first kappa shape index (κ1) is 13.3. The molecule has 0 unspecified atom stereocenters. The van der Waals surface area contributed by atoms with Gasteiger partial charge in [-0.3, -0.25) is 0 Å². The Balaban J connectivity index is 2.55. The van der Waals surface area contributed by atoms with Crippen molar-refractivity contribution in [2.45, 2.75) is 39.7 Å². The summed E-state index contributed by atoms with van der Waals surface area (Å²) in [7, 11) is 0. The smallest absolute Gasteiger partial charge is 0.410 e. The minimum Gasteiger partial charge on any atom is -0.444 e. The van der Waals surface area contributed by atoms with E-state index in [0.717, 1.165) is 13.0 Å². The van der Waals surface area contributed by atoms with E-state index in [4.69, 9.17) is 9.84 Å². The molecule has 0 spiro atoms. The van der Waals surface area contributed by atoms with Gasteiger partial charge in [0.05, 0.1) is 0 Å². The SMILES string of the molecule is C[C@@H]1C[C@@H](CO)CN(C(=O)OC(C)(C)C)C1. The fourth-order valence-corrected chi connectivity index (χ4v) is 2.09. The summed E-state index contributed by atoms with van der Waals surface area (Å²) in [5.41, 5.74) is -0.452. The number of amides is 1. The molecule has 1 rings (SSSR count). The molecule has 1 fully saturated rings. The van der Waals surface area contributed by atoms with Gasteiger partial charge in [0.15, 0.2) is 0 Å². The van der Waals surface area contributed by atoms with Gasteiger partial charge in [-0.2, -0.15) is 0 Å². The van der Waals surface area contributed by atoms with E-state index in [0.29, 0.717) is 12.5 Å². The lowest BCUT2D eigenvalue weighted by atomic mass is 9.91. The molecule has 1 aliphatic heterocycles. The van der Waals surface area contributed by atoms with Gasteiger partial charge in [0.1, 0.15) is 5.60 Å². The Hall–Kier alpha value is -0.770. The van der Waals surface area contributed by atoms with Crippen molar-refractivity contribution in [2.24, 2.45) is 11.8 Å². The van der Waals surface area contributed by atoms with E-state index in [9.17, 15) is 4.79 Å². The molecular weight excluding hydrogens is 206 g/mol. The summed E-state index contributed by atoms with van der Waals surface area (Å²) < 4.78 is 5.32. The van der Waals surface area contributed by atoms with E-state index < -0.39 is 5.60 Å². The lowest BCUT2D eigenvalue weighted by Gasteiger charge is -2.36. The third-order valence-electron chi connectivity index (χ3n) is 2.66. The van der Waals surface area contributed by atoms with Gasteiger partial charge < -0.3 is 14.7 Å². The van der Waals surface area contributed by atoms with Gasteiger partial charge in [-0.05, 0) is 33.1 Å². The quantitative estimate of drug-likeness (QED) is 0.746. The van der Waals surface area contributed by atoms with Crippen LogP contribution in [0, 0.1) is 11.8 Å². The average molecular weight is 229 g/mol. The van der Waals surface area contributed by atoms with Crippen LogP contribution in [-0.2, 0) is 4.74 Å². The molecule has 0 aliphatic carbocycles. The first-order chi connectivity index (χ1) is 7.31. The predicted molar refractivity (Wildman–Crippen MR) is 62.2 cm³/mol. The lowest BCUT2D eigenvalue weighted by Crippen LogP contribution is -2.46. The van der Waals surface area contributed by atoms with E-state index in [2.05, 4.69) is 6.92 Å². The Morgan fingerprint density at radius 3 is 2.56 bits per heavy atom. The topological polar surface area (TPSA) is 49.8 Å². The minimum absolute atomic E-state index is 0.142. The largest absolute Gasteiger partial charge is 0.444 e. The molecule has 0 radical (unpaired) electrons. The molecule has 2 atom stereocenters. The standard InChI is InChI=1S/C12H23NO3/c1-9-5-10(8-14)7-13(6-9)11(15)16-12(2,3)4/h9-10,14H,5-8H2,1-4H3/t9-,10-/m1/s1. The molecule has 0 aromatic carbocycles. The lowest BCUT2D eigenvalue weighted by molar-refractivity contribution is 0.00636. The number of likely N-dealkylation sites (tertiary alicyclic amines) is 1. The second kappa shape index (κ2) is 5.04. The fraction of sp³-hybridized carbons (Fsp3) is 0.917. The molecule has 1 heterocycles. The predicted octanol–water partition coefficient (Wildman–Crippen LogP) is 1.87. The maximum absolute atomic E-state index is 11.8. The number of rotatable bonds is 1. The summed E-state index contributed by atoms with van der Waals surface area (Å²) in [6.07, 6.45) is 0.716. The van der Waals surface area contributed by atoms with E-state index >= 15 is 0 Å². The van der Waals surface area contributed by atoms with Gasteiger partial charge in [-0.25, -0.2) is 4.79 Å². The van der Waals surface area contributed by atoms with E-state index in [-0.39, 0.29) is 18.6 Å². The van der Waals surface area contributed by atoms with Crippen LogP contribution in [0.4, 0.5) is 4.79 Å². The summed E-state index contributed by atoms with van der Waals surface area (Å²) in [5, 5.41) is 9.16. The second-order valence-electron chi connectivity index (χ2n) is 5.77. The average Bonchev–Trinajstić information content (AvgIpc) is 2.14. The van der Waals surface area contributed by atoms with E-state index in [1.807, 2.05) is 20.8 Å². The molecule has 0 aromatic rings. The number of hydrogen-bond donors (Lipinski definition) is 1. The maximum atomic E-state index is 11.8. The number of hydrogen-bond acceptors (Lipinski definition) is 3. The van der Waals surface area contributed by atoms with Crippen molar-refractivity contribution < 1.29 is 14.6 Å². The Morgan fingerprint density at radius 1 is 1.44 bits per heavy atom. The summed E-state index contributed by atoms with van der Waals surface area (Å²) in [6.45, 7) is 9.16. The highest BCUT2D eigenvalue weighted by atomic mass is 16.6. The number of carbonyl (C=O) groups is 1. The van der Waals surface area contributed by atoms with Gasteiger partial charge in [-0.15, -0.1) is 0 Å². The third-order valence-corrected chi connectivity index (χ3v) is 2.66. The first-order valence-corrected chi connectivity index (χ1v) is 5.90. The molecule has 1 aliphatic rings. The van der Waals surface area contributed by atoms with Gasteiger partial charge in [0, 0.05) is 25.6 Å². The summed E-state index contributed by atoms with van der Waals surface area (Å²) in [6, 6.07) is 0. The zero-order chi connectivity index (χ0) is 12.3. The van der Waals surface area contributed by atoms with Gasteiger partial charge in [0.25, 0.3) is 0 Å². The van der Waals surface area contributed by atoms with Crippen LogP contribution in [0.5, 0.6) is 0 Å². The summed E-state index contributed by atoms with van der Waals surface area (Å²) >= 11 is 0. The molecule has 0 aromatic heterocycles. The van der Waals surface area contributed by atoms with Crippen LogP contribution in [-0.4, -0.2) is 41.4 Å². The van der Waals surface area contributed by atoms with Crippen LogP contribution in [0.1, 0.15) is 34.1 Å². The highest BCUT2D eigenvalue weighted by Crippen LogP contribution is 2.22. The van der Waals surface area contributed by atoms with Crippen molar-refractivity contribution in [1.29, 1.82) is 0 Å². The zero-order valence-corrected chi connectivity index (χ0v) is 10.7. The molecule has 4 nitrogen and oxygen atoms in total. The number of aliphatic hydroxyl groups is 1. The third kappa shape index (κ3) is 4.00. The number of ether oxygens (including phenoxy) is 1. The molecule has 1 N–H and O–H groups in total. The van der Waals surface area contributed by atoms with Crippen LogP contribution in [0.3, 0.4) is 0 Å². The Morgan fingerprint density at radius 2 is 2.06 bits per heavy atom. The van der Waals surface area contributed by atoms with Gasteiger partial charge in [-0.1, -0.05) is 6.92 Å². The normalized spacial score (nSPS) is 26.7. The number of aliphatic hydroxyl groups excluding tert-OH is 1. The first-order valence-electron chi connectivity index (χ1n) is 5.90. The Kier molecular flexibility index (Phi) is 4.19. The summed E-state index contributed by atoms with van der Waals surface area (Å²) in [5.74, 6) is 0.620. The van der Waals surface area contributed by atoms with Crippen LogP contribution < -0.4 is 0 Å². The molecule has 0 saturated carbocycles. The monoisotopic (exact) mass is 229 g/mol. The van der Waals surface area contributed by atoms with Gasteiger partial charge in [0.2, 0.25) is 0 Å². The number of carbonyl (C=O) groups excluding carboxylic acids is 1. The minimum atomic E-state index is -0.452. The highest BCUT2D eigenvalue weighted by Gasteiger charge is 2.30. The molecule has 16 heavy (non-hydrogen) atoms. The Labute approximate surface area is 97.6 Å². The van der Waals surface area contributed by atoms with Crippen LogP contribution >= 0.6 is 0 Å². The molecule has 4 heteroatoms. The van der Waals surface area contributed by atoms with Crippen molar-refractivity contribution in [3.63, 3.8) is 0 Å².